The number of hydrogen-bond acceptors (Lipinski definition) is 0. The number of rotatable bonds is 2. The molecule has 1 aliphatic rings. The summed E-state index contributed by atoms with van der Waals surface area (Å²) in [5.41, 5.74) is 0. The maximum absolute atomic E-state index is 2.42. The molecule has 0 aromatic rings. The molecule has 0 amide bonds. The maximum atomic E-state index is 2.42. The van der Waals surface area contributed by atoms with Crippen molar-refractivity contribution in [3.05, 3.63) is 0 Å². The Morgan fingerprint density at radius 3 is 1.64 bits per heavy atom. The fourth-order valence-corrected chi connectivity index (χ4v) is 2.75. The van der Waals surface area contributed by atoms with E-state index in [1.165, 1.54) is 6.42 Å². The van der Waals surface area contributed by atoms with Gasteiger partial charge in [-0.2, -0.15) is 0 Å². The average Bonchev–Trinajstić information content (AvgIpc) is 1.86. The van der Waals surface area contributed by atoms with Crippen molar-refractivity contribution in [3.63, 3.8) is 0 Å². The molecule has 0 bridgehead atoms. The first-order chi connectivity index (χ1) is 5.04. The molecule has 3 unspecified atom stereocenters. The smallest absolute Gasteiger partial charge is 0.0334 e. The van der Waals surface area contributed by atoms with E-state index >= 15 is 0 Å². The van der Waals surface area contributed by atoms with Crippen LogP contribution in [0.2, 0.25) is 0 Å². The fraction of sp³-hybridized carbons (Fsp3) is 1.00. The normalized spacial score (nSPS) is 40.4. The fourth-order valence-electron chi connectivity index (χ4n) is 2.75. The van der Waals surface area contributed by atoms with E-state index in [1.807, 2.05) is 0 Å². The van der Waals surface area contributed by atoms with Crippen LogP contribution in [0.4, 0.5) is 0 Å². The third-order valence-corrected chi connectivity index (χ3v) is 3.72. The summed E-state index contributed by atoms with van der Waals surface area (Å²) in [6.45, 7) is 11.9. The van der Waals surface area contributed by atoms with Crippen molar-refractivity contribution in [2.24, 2.45) is 29.6 Å². The minimum absolute atomic E-state index is 0.866. The second-order valence-electron chi connectivity index (χ2n) is 4.87. The zero-order valence-electron chi connectivity index (χ0n) is 8.59. The van der Waals surface area contributed by atoms with Crippen LogP contribution >= 0.6 is 0 Å². The standard InChI is InChI=1S/C11H22/c1-7(2)10(5)11-8(3)6-9(11)4/h7-11H,6H2,1-5H3. The van der Waals surface area contributed by atoms with Crippen LogP contribution in [0.1, 0.15) is 41.0 Å². The van der Waals surface area contributed by atoms with E-state index in [0.29, 0.717) is 0 Å². The maximum Gasteiger partial charge on any atom is -0.0334 e. The van der Waals surface area contributed by atoms with Crippen LogP contribution in [0.3, 0.4) is 0 Å². The van der Waals surface area contributed by atoms with Crippen molar-refractivity contribution >= 4 is 0 Å². The summed E-state index contributed by atoms with van der Waals surface area (Å²) in [6, 6.07) is 0. The molecular weight excluding hydrogens is 132 g/mol. The van der Waals surface area contributed by atoms with Gasteiger partial charge in [-0.15, -0.1) is 0 Å². The van der Waals surface area contributed by atoms with Crippen LogP contribution in [-0.2, 0) is 0 Å². The van der Waals surface area contributed by atoms with Gasteiger partial charge in [0.05, 0.1) is 0 Å². The summed E-state index contributed by atoms with van der Waals surface area (Å²) in [5.74, 6) is 4.78. The highest BCUT2D eigenvalue weighted by Crippen LogP contribution is 2.46. The third kappa shape index (κ3) is 1.60. The molecule has 1 saturated carbocycles. The second kappa shape index (κ2) is 3.16. The first-order valence-electron chi connectivity index (χ1n) is 5.04. The molecule has 0 aromatic heterocycles. The first kappa shape index (κ1) is 9.09. The minimum Gasteiger partial charge on any atom is -0.0625 e. The SMILES string of the molecule is CC(C)C(C)C1C(C)CC1C. The third-order valence-electron chi connectivity index (χ3n) is 3.72. The summed E-state index contributed by atoms with van der Waals surface area (Å²) in [5, 5.41) is 0. The van der Waals surface area contributed by atoms with Gasteiger partial charge in [-0.3, -0.25) is 0 Å². The van der Waals surface area contributed by atoms with Crippen LogP contribution in [-0.4, -0.2) is 0 Å². The zero-order chi connectivity index (χ0) is 8.59. The van der Waals surface area contributed by atoms with Gasteiger partial charge < -0.3 is 0 Å². The molecule has 1 aliphatic carbocycles. The Labute approximate surface area is 71.4 Å². The zero-order valence-corrected chi connectivity index (χ0v) is 8.59. The Hall–Kier alpha value is 0. The van der Waals surface area contributed by atoms with Crippen LogP contribution in [0.25, 0.3) is 0 Å². The predicted molar refractivity (Wildman–Crippen MR) is 50.4 cm³/mol. The molecule has 11 heavy (non-hydrogen) atoms. The first-order valence-corrected chi connectivity index (χ1v) is 5.04. The van der Waals surface area contributed by atoms with E-state index in [0.717, 1.165) is 29.6 Å². The van der Waals surface area contributed by atoms with E-state index in [1.54, 1.807) is 0 Å². The Kier molecular flexibility index (Phi) is 2.61. The Morgan fingerprint density at radius 2 is 1.45 bits per heavy atom. The Balaban J connectivity index is 2.46. The largest absolute Gasteiger partial charge is 0.0625 e. The van der Waals surface area contributed by atoms with E-state index in [2.05, 4.69) is 34.6 Å². The molecule has 0 heterocycles. The van der Waals surface area contributed by atoms with Crippen molar-refractivity contribution in [2.45, 2.75) is 41.0 Å². The molecule has 0 aliphatic heterocycles. The summed E-state index contributed by atoms with van der Waals surface area (Å²) in [7, 11) is 0. The van der Waals surface area contributed by atoms with Crippen molar-refractivity contribution in [1.29, 1.82) is 0 Å². The minimum atomic E-state index is 0.866. The van der Waals surface area contributed by atoms with Gasteiger partial charge in [-0.25, -0.2) is 0 Å². The molecule has 0 spiro atoms. The molecule has 0 heteroatoms. The highest BCUT2D eigenvalue weighted by Gasteiger charge is 2.38. The molecular formula is C11H22. The van der Waals surface area contributed by atoms with E-state index in [9.17, 15) is 0 Å². The van der Waals surface area contributed by atoms with Crippen LogP contribution in [0.5, 0.6) is 0 Å². The van der Waals surface area contributed by atoms with Crippen molar-refractivity contribution in [2.75, 3.05) is 0 Å². The van der Waals surface area contributed by atoms with Gasteiger partial charge in [0, 0.05) is 0 Å². The monoisotopic (exact) mass is 154 g/mol. The number of hydrogen-bond donors (Lipinski definition) is 0. The van der Waals surface area contributed by atoms with Gasteiger partial charge in [-0.05, 0) is 36.0 Å². The lowest BCUT2D eigenvalue weighted by atomic mass is 9.59. The molecule has 3 atom stereocenters. The molecule has 0 nitrogen and oxygen atoms in total. The van der Waals surface area contributed by atoms with Crippen LogP contribution < -0.4 is 0 Å². The predicted octanol–water partition coefficient (Wildman–Crippen LogP) is 3.57. The lowest BCUT2D eigenvalue weighted by Crippen LogP contribution is -2.39. The lowest BCUT2D eigenvalue weighted by Gasteiger charge is -2.46. The summed E-state index contributed by atoms with van der Waals surface area (Å²) in [6.07, 6.45) is 1.46. The van der Waals surface area contributed by atoms with Crippen molar-refractivity contribution in [3.8, 4) is 0 Å². The van der Waals surface area contributed by atoms with Gasteiger partial charge in [0.1, 0.15) is 0 Å². The Morgan fingerprint density at radius 1 is 1.00 bits per heavy atom. The Bertz CT molecular complexity index is 118. The van der Waals surface area contributed by atoms with Crippen molar-refractivity contribution < 1.29 is 0 Å². The van der Waals surface area contributed by atoms with E-state index < -0.39 is 0 Å². The van der Waals surface area contributed by atoms with Gasteiger partial charge >= 0.3 is 0 Å². The molecule has 66 valence electrons. The quantitative estimate of drug-likeness (QED) is 0.570. The molecule has 0 saturated heterocycles. The van der Waals surface area contributed by atoms with Gasteiger partial charge in [-0.1, -0.05) is 34.6 Å². The average molecular weight is 154 g/mol. The molecule has 1 fully saturated rings. The lowest BCUT2D eigenvalue weighted by molar-refractivity contribution is 0.0297. The van der Waals surface area contributed by atoms with E-state index in [-0.39, 0.29) is 0 Å². The second-order valence-corrected chi connectivity index (χ2v) is 4.87. The van der Waals surface area contributed by atoms with Gasteiger partial charge in [0.25, 0.3) is 0 Å². The highest BCUT2D eigenvalue weighted by atomic mass is 14.4. The molecule has 0 aromatic carbocycles. The summed E-state index contributed by atoms with van der Waals surface area (Å²) >= 11 is 0. The molecule has 1 rings (SSSR count). The molecule has 0 N–H and O–H groups in total. The van der Waals surface area contributed by atoms with Gasteiger partial charge in [0.2, 0.25) is 0 Å². The van der Waals surface area contributed by atoms with Crippen LogP contribution in [0.15, 0.2) is 0 Å². The summed E-state index contributed by atoms with van der Waals surface area (Å²) < 4.78 is 0. The van der Waals surface area contributed by atoms with Crippen LogP contribution in [0, 0.1) is 29.6 Å². The van der Waals surface area contributed by atoms with Gasteiger partial charge in [0.15, 0.2) is 0 Å². The highest BCUT2D eigenvalue weighted by molar-refractivity contribution is 4.87. The summed E-state index contributed by atoms with van der Waals surface area (Å²) in [4.78, 5) is 0. The van der Waals surface area contributed by atoms with E-state index in [4.69, 9.17) is 0 Å². The topological polar surface area (TPSA) is 0 Å². The molecule has 0 radical (unpaired) electrons. The van der Waals surface area contributed by atoms with Crippen molar-refractivity contribution in [1.82, 2.24) is 0 Å².